The van der Waals surface area contributed by atoms with Gasteiger partial charge in [0.15, 0.2) is 0 Å². The summed E-state index contributed by atoms with van der Waals surface area (Å²) in [5, 5.41) is 11.0. The molecule has 2 aromatic rings. The van der Waals surface area contributed by atoms with Crippen molar-refractivity contribution in [2.75, 3.05) is 17.8 Å². The quantitative estimate of drug-likeness (QED) is 0.692. The molecule has 0 saturated carbocycles. The molecule has 8 heteroatoms. The molecular formula is C13H20N4O2S2. The van der Waals surface area contributed by atoms with E-state index in [4.69, 9.17) is 0 Å². The molecule has 2 N–H and O–H groups in total. The van der Waals surface area contributed by atoms with Gasteiger partial charge in [-0.3, -0.25) is 9.40 Å². The van der Waals surface area contributed by atoms with Crippen molar-refractivity contribution >= 4 is 27.0 Å². The van der Waals surface area contributed by atoms with E-state index < -0.39 is 10.0 Å². The highest BCUT2D eigenvalue weighted by atomic mass is 32.2. The van der Waals surface area contributed by atoms with Crippen molar-refractivity contribution in [1.82, 2.24) is 15.1 Å². The highest BCUT2D eigenvalue weighted by molar-refractivity contribution is 7.92. The van der Waals surface area contributed by atoms with Crippen molar-refractivity contribution in [3.8, 4) is 0 Å². The number of anilines is 1. The van der Waals surface area contributed by atoms with Crippen LogP contribution < -0.4 is 10.0 Å². The summed E-state index contributed by atoms with van der Waals surface area (Å²) in [5.41, 5.74) is 0.580. The van der Waals surface area contributed by atoms with Gasteiger partial charge in [-0.15, -0.1) is 0 Å². The van der Waals surface area contributed by atoms with E-state index in [1.165, 1.54) is 17.5 Å². The number of rotatable bonds is 9. The molecule has 0 aliphatic rings. The third kappa shape index (κ3) is 4.83. The summed E-state index contributed by atoms with van der Waals surface area (Å²) in [5.74, 6) is 0. The van der Waals surface area contributed by atoms with E-state index in [9.17, 15) is 8.42 Å². The zero-order valence-corrected chi connectivity index (χ0v) is 13.6. The number of nitrogens with zero attached hydrogens (tertiary/aromatic N) is 2. The van der Waals surface area contributed by atoms with E-state index in [1.807, 2.05) is 5.38 Å². The maximum Gasteiger partial charge on any atom is 0.265 e. The Morgan fingerprint density at radius 1 is 1.38 bits per heavy atom. The van der Waals surface area contributed by atoms with Crippen molar-refractivity contribution in [1.29, 1.82) is 0 Å². The lowest BCUT2D eigenvalue weighted by Crippen LogP contribution is -2.17. The van der Waals surface area contributed by atoms with E-state index in [0.29, 0.717) is 12.2 Å². The Labute approximate surface area is 129 Å². The molecule has 2 rings (SSSR count). The molecule has 0 unspecified atom stereocenters. The smallest absolute Gasteiger partial charge is 0.265 e. The largest absolute Gasteiger partial charge is 0.317 e. The summed E-state index contributed by atoms with van der Waals surface area (Å²) in [6, 6.07) is 1.73. The predicted molar refractivity (Wildman–Crippen MR) is 85.1 cm³/mol. The van der Waals surface area contributed by atoms with Gasteiger partial charge in [-0.1, -0.05) is 6.92 Å². The molecule has 2 heterocycles. The van der Waals surface area contributed by atoms with Crippen LogP contribution in [0, 0.1) is 0 Å². The number of hydrogen-bond acceptors (Lipinski definition) is 5. The Bertz CT molecular complexity index is 635. The molecule has 0 fully saturated rings. The van der Waals surface area contributed by atoms with Crippen molar-refractivity contribution in [2.45, 2.75) is 31.2 Å². The third-order valence-electron chi connectivity index (χ3n) is 2.86. The van der Waals surface area contributed by atoms with E-state index in [-0.39, 0.29) is 4.90 Å². The van der Waals surface area contributed by atoms with Gasteiger partial charge in [0.1, 0.15) is 4.90 Å². The maximum atomic E-state index is 12.2. The van der Waals surface area contributed by atoms with Crippen LogP contribution in [-0.4, -0.2) is 31.3 Å². The van der Waals surface area contributed by atoms with E-state index in [1.54, 1.807) is 22.3 Å². The molecule has 21 heavy (non-hydrogen) atoms. The predicted octanol–water partition coefficient (Wildman–Crippen LogP) is 2.14. The zero-order chi connectivity index (χ0) is 15.1. The molecule has 0 aliphatic heterocycles. The monoisotopic (exact) mass is 328 g/mol. The number of thiophene rings is 1. The average molecular weight is 328 g/mol. The van der Waals surface area contributed by atoms with Crippen molar-refractivity contribution < 1.29 is 8.42 Å². The minimum Gasteiger partial charge on any atom is -0.317 e. The molecule has 2 aromatic heterocycles. The molecule has 6 nitrogen and oxygen atoms in total. The van der Waals surface area contributed by atoms with Crippen LogP contribution in [0.2, 0.25) is 0 Å². The molecule has 0 atom stereocenters. The fourth-order valence-corrected chi connectivity index (χ4v) is 3.47. The first-order valence-corrected chi connectivity index (χ1v) is 9.32. The summed E-state index contributed by atoms with van der Waals surface area (Å²) in [4.78, 5) is 0.190. The van der Waals surface area contributed by atoms with Gasteiger partial charge >= 0.3 is 0 Å². The van der Waals surface area contributed by atoms with Crippen LogP contribution in [0.25, 0.3) is 0 Å². The number of nitrogens with one attached hydrogen (secondary N) is 2. The summed E-state index contributed by atoms with van der Waals surface area (Å²) in [6.45, 7) is 4.73. The molecule has 0 bridgehead atoms. The Morgan fingerprint density at radius 3 is 2.95 bits per heavy atom. The van der Waals surface area contributed by atoms with Crippen LogP contribution in [-0.2, 0) is 16.6 Å². The summed E-state index contributed by atoms with van der Waals surface area (Å²) in [7, 11) is -3.54. The van der Waals surface area contributed by atoms with Crippen LogP contribution in [0.4, 0.5) is 5.69 Å². The molecular weight excluding hydrogens is 308 g/mol. The molecule has 0 aliphatic carbocycles. The highest BCUT2D eigenvalue weighted by Crippen LogP contribution is 2.17. The van der Waals surface area contributed by atoms with Gasteiger partial charge in [-0.2, -0.15) is 16.4 Å². The number of aryl methyl sites for hydroxylation is 1. The number of aromatic nitrogens is 2. The SMILES string of the molecule is CCCNCCCn1cc(S(=O)(=O)Nc2ccsc2)cn1. The van der Waals surface area contributed by atoms with Crippen LogP contribution in [0.5, 0.6) is 0 Å². The van der Waals surface area contributed by atoms with Gasteiger partial charge < -0.3 is 5.32 Å². The van der Waals surface area contributed by atoms with Gasteiger partial charge in [0.05, 0.1) is 11.9 Å². The Morgan fingerprint density at radius 2 is 2.24 bits per heavy atom. The topological polar surface area (TPSA) is 76.0 Å². The second kappa shape index (κ2) is 7.58. The first kappa shape index (κ1) is 16.0. The van der Waals surface area contributed by atoms with Crippen LogP contribution >= 0.6 is 11.3 Å². The standard InChI is InChI=1S/C13H20N4O2S2/c1-2-5-14-6-3-7-17-10-13(9-15-17)21(18,19)16-12-4-8-20-11-12/h4,8-11,14,16H,2-3,5-7H2,1H3. The summed E-state index contributed by atoms with van der Waals surface area (Å²) < 4.78 is 28.5. The third-order valence-corrected chi connectivity index (χ3v) is 4.88. The molecule has 116 valence electrons. The Kier molecular flexibility index (Phi) is 5.77. The molecule has 0 saturated heterocycles. The minimum atomic E-state index is -3.54. The maximum absolute atomic E-state index is 12.2. The Hall–Kier alpha value is -1.38. The molecule has 0 spiro atoms. The van der Waals surface area contributed by atoms with Crippen LogP contribution in [0.15, 0.2) is 34.1 Å². The second-order valence-electron chi connectivity index (χ2n) is 4.66. The average Bonchev–Trinajstić information content (AvgIpc) is 3.09. The van der Waals surface area contributed by atoms with E-state index in [0.717, 1.165) is 25.9 Å². The zero-order valence-electron chi connectivity index (χ0n) is 11.9. The lowest BCUT2D eigenvalue weighted by Gasteiger charge is -2.04. The minimum absolute atomic E-state index is 0.190. The van der Waals surface area contributed by atoms with Gasteiger partial charge in [0.25, 0.3) is 10.0 Å². The normalized spacial score (nSPS) is 11.7. The molecule has 0 amide bonds. The van der Waals surface area contributed by atoms with Gasteiger partial charge in [-0.25, -0.2) is 8.42 Å². The van der Waals surface area contributed by atoms with Crippen molar-refractivity contribution in [2.24, 2.45) is 0 Å². The van der Waals surface area contributed by atoms with Gasteiger partial charge in [0, 0.05) is 18.1 Å². The van der Waals surface area contributed by atoms with E-state index >= 15 is 0 Å². The second-order valence-corrected chi connectivity index (χ2v) is 7.12. The first-order valence-electron chi connectivity index (χ1n) is 6.90. The fourth-order valence-electron chi connectivity index (χ4n) is 1.81. The van der Waals surface area contributed by atoms with Crippen molar-refractivity contribution in [3.63, 3.8) is 0 Å². The van der Waals surface area contributed by atoms with Crippen LogP contribution in [0.1, 0.15) is 19.8 Å². The van der Waals surface area contributed by atoms with E-state index in [2.05, 4.69) is 22.1 Å². The lowest BCUT2D eigenvalue weighted by atomic mass is 10.4. The highest BCUT2D eigenvalue weighted by Gasteiger charge is 2.16. The fraction of sp³-hybridized carbons (Fsp3) is 0.462. The number of sulfonamides is 1. The van der Waals surface area contributed by atoms with Crippen LogP contribution in [0.3, 0.4) is 0 Å². The number of hydrogen-bond donors (Lipinski definition) is 2. The summed E-state index contributed by atoms with van der Waals surface area (Å²) in [6.07, 6.45) is 4.97. The molecule has 0 aromatic carbocycles. The molecule has 0 radical (unpaired) electrons. The lowest BCUT2D eigenvalue weighted by molar-refractivity contribution is 0.541. The Balaban J connectivity index is 1.89. The van der Waals surface area contributed by atoms with Crippen molar-refractivity contribution in [3.05, 3.63) is 29.2 Å². The van der Waals surface area contributed by atoms with Gasteiger partial charge in [-0.05, 0) is 37.4 Å². The first-order chi connectivity index (χ1) is 10.1. The van der Waals surface area contributed by atoms with Gasteiger partial charge in [0.2, 0.25) is 0 Å². The summed E-state index contributed by atoms with van der Waals surface area (Å²) >= 11 is 1.44.